The van der Waals surface area contributed by atoms with Crippen molar-refractivity contribution < 1.29 is 13.2 Å². The Kier molecular flexibility index (Phi) is 4.41. The van der Waals surface area contributed by atoms with Gasteiger partial charge in [0.1, 0.15) is 5.82 Å². The lowest BCUT2D eigenvalue weighted by atomic mass is 10.1. The van der Waals surface area contributed by atoms with Crippen LogP contribution in [-0.2, 0) is 21.7 Å². The first-order valence-electron chi connectivity index (χ1n) is 7.82. The third-order valence-electron chi connectivity index (χ3n) is 3.93. The fourth-order valence-electron chi connectivity index (χ4n) is 2.71. The molecule has 0 aliphatic rings. The number of pyridine rings is 2. The Hall–Kier alpha value is -2.94. The van der Waals surface area contributed by atoms with E-state index in [4.69, 9.17) is 0 Å². The Morgan fingerprint density at radius 3 is 2.58 bits per heavy atom. The Morgan fingerprint density at radius 2 is 1.96 bits per heavy atom. The number of carbonyl (C=O) groups is 1. The molecular weight excluding hydrogens is 354 g/mol. The molecule has 3 aromatic heterocycles. The number of aromatic nitrogens is 3. The van der Waals surface area contributed by atoms with E-state index in [-0.39, 0.29) is 10.9 Å². The number of fused-ring (bicyclic) bond motifs is 1. The molecule has 0 unspecified atom stereocenters. The van der Waals surface area contributed by atoms with E-state index >= 15 is 0 Å². The number of aryl methyl sites for hydroxylation is 1. The summed E-state index contributed by atoms with van der Waals surface area (Å²) >= 11 is 0. The predicted octanol–water partition coefficient (Wildman–Crippen LogP) is 2.04. The standard InChI is InChI=1S/C17H19N5O3S/c1-10(23)20-16-7-12-13(9-22(3)15(12)8-19-16)14-5-11(18-2)6-17(21-14)26(4,24)25/h5-9H,1-4H3,(H,18,21)(H,19,20,23). The summed E-state index contributed by atoms with van der Waals surface area (Å²) in [5.74, 6) is 0.203. The summed E-state index contributed by atoms with van der Waals surface area (Å²) in [6.45, 7) is 1.41. The van der Waals surface area contributed by atoms with Crippen molar-refractivity contribution in [3.05, 3.63) is 30.6 Å². The molecule has 0 fully saturated rings. The molecule has 0 atom stereocenters. The quantitative estimate of drug-likeness (QED) is 0.725. The highest BCUT2D eigenvalue weighted by atomic mass is 32.2. The fourth-order valence-corrected chi connectivity index (χ4v) is 3.31. The van der Waals surface area contributed by atoms with Crippen LogP contribution in [0.5, 0.6) is 0 Å². The molecule has 1 amide bonds. The van der Waals surface area contributed by atoms with Gasteiger partial charge in [0.2, 0.25) is 5.91 Å². The zero-order valence-electron chi connectivity index (χ0n) is 14.9. The first-order chi connectivity index (χ1) is 12.2. The van der Waals surface area contributed by atoms with E-state index in [1.807, 2.05) is 17.8 Å². The molecule has 0 saturated carbocycles. The number of hydrogen-bond donors (Lipinski definition) is 2. The molecule has 2 N–H and O–H groups in total. The van der Waals surface area contributed by atoms with Gasteiger partial charge in [-0.1, -0.05) is 0 Å². The van der Waals surface area contributed by atoms with Gasteiger partial charge in [0.25, 0.3) is 0 Å². The summed E-state index contributed by atoms with van der Waals surface area (Å²) in [7, 11) is 0.118. The van der Waals surface area contributed by atoms with Crippen molar-refractivity contribution in [2.75, 3.05) is 23.9 Å². The lowest BCUT2D eigenvalue weighted by molar-refractivity contribution is -0.114. The second-order valence-electron chi connectivity index (χ2n) is 6.02. The Morgan fingerprint density at radius 1 is 1.23 bits per heavy atom. The minimum absolute atomic E-state index is 0.00695. The average Bonchev–Trinajstić information content (AvgIpc) is 2.89. The molecule has 8 nitrogen and oxygen atoms in total. The summed E-state index contributed by atoms with van der Waals surface area (Å²) < 4.78 is 25.8. The molecule has 3 heterocycles. The lowest BCUT2D eigenvalue weighted by Gasteiger charge is -2.08. The second kappa shape index (κ2) is 6.41. The second-order valence-corrected chi connectivity index (χ2v) is 7.99. The van der Waals surface area contributed by atoms with Crippen LogP contribution >= 0.6 is 0 Å². The van der Waals surface area contributed by atoms with Gasteiger partial charge in [0, 0.05) is 50.1 Å². The van der Waals surface area contributed by atoms with Gasteiger partial charge >= 0.3 is 0 Å². The van der Waals surface area contributed by atoms with Gasteiger partial charge in [-0.15, -0.1) is 0 Å². The van der Waals surface area contributed by atoms with E-state index in [0.29, 0.717) is 17.2 Å². The van der Waals surface area contributed by atoms with E-state index in [1.165, 1.54) is 13.0 Å². The molecule has 3 aromatic rings. The molecule has 9 heteroatoms. The number of hydrogen-bond acceptors (Lipinski definition) is 6. The van der Waals surface area contributed by atoms with Crippen LogP contribution in [0.1, 0.15) is 6.92 Å². The number of nitrogens with zero attached hydrogens (tertiary/aromatic N) is 3. The van der Waals surface area contributed by atoms with Gasteiger partial charge in [-0.25, -0.2) is 18.4 Å². The monoisotopic (exact) mass is 373 g/mol. The molecule has 0 radical (unpaired) electrons. The first kappa shape index (κ1) is 17.9. The summed E-state index contributed by atoms with van der Waals surface area (Å²) in [4.78, 5) is 19.9. The first-order valence-corrected chi connectivity index (χ1v) is 9.71. The van der Waals surface area contributed by atoms with Crippen molar-refractivity contribution in [2.24, 2.45) is 7.05 Å². The van der Waals surface area contributed by atoms with Crippen LogP contribution in [0.15, 0.2) is 35.6 Å². The number of sulfone groups is 1. The molecule has 0 aliphatic carbocycles. The van der Waals surface area contributed by atoms with Gasteiger partial charge in [-0.3, -0.25) is 4.79 Å². The Balaban J connectivity index is 2.26. The van der Waals surface area contributed by atoms with Crippen molar-refractivity contribution in [3.63, 3.8) is 0 Å². The van der Waals surface area contributed by atoms with Gasteiger partial charge in [-0.2, -0.15) is 0 Å². The minimum Gasteiger partial charge on any atom is -0.388 e. The normalized spacial score (nSPS) is 11.5. The van der Waals surface area contributed by atoms with Crippen molar-refractivity contribution in [1.82, 2.24) is 14.5 Å². The van der Waals surface area contributed by atoms with E-state index in [9.17, 15) is 13.2 Å². The van der Waals surface area contributed by atoms with Gasteiger partial charge in [0.15, 0.2) is 14.9 Å². The van der Waals surface area contributed by atoms with Crippen LogP contribution in [0.3, 0.4) is 0 Å². The van der Waals surface area contributed by atoms with Crippen LogP contribution in [0.4, 0.5) is 11.5 Å². The number of nitrogens with one attached hydrogen (secondary N) is 2. The third kappa shape index (κ3) is 3.38. The molecule has 136 valence electrons. The molecule has 0 aromatic carbocycles. The number of carbonyl (C=O) groups excluding carboxylic acids is 1. The fraction of sp³-hybridized carbons (Fsp3) is 0.235. The maximum atomic E-state index is 12.0. The summed E-state index contributed by atoms with van der Waals surface area (Å²) in [6, 6.07) is 5.02. The summed E-state index contributed by atoms with van der Waals surface area (Å²) in [5.41, 5.74) is 2.75. The number of rotatable bonds is 4. The van der Waals surface area contributed by atoms with Crippen LogP contribution in [0, 0.1) is 0 Å². The molecular formula is C17H19N5O3S. The van der Waals surface area contributed by atoms with E-state index < -0.39 is 9.84 Å². The molecule has 0 aliphatic heterocycles. The average molecular weight is 373 g/mol. The van der Waals surface area contributed by atoms with Crippen molar-refractivity contribution in [1.29, 1.82) is 0 Å². The number of amides is 1. The van der Waals surface area contributed by atoms with Gasteiger partial charge in [-0.05, 0) is 18.2 Å². The van der Waals surface area contributed by atoms with Crippen molar-refractivity contribution in [2.45, 2.75) is 11.9 Å². The maximum Gasteiger partial charge on any atom is 0.222 e. The molecule has 0 saturated heterocycles. The highest BCUT2D eigenvalue weighted by Gasteiger charge is 2.17. The van der Waals surface area contributed by atoms with E-state index in [2.05, 4.69) is 20.6 Å². The number of anilines is 2. The molecule has 3 rings (SSSR count). The van der Waals surface area contributed by atoms with Crippen LogP contribution < -0.4 is 10.6 Å². The zero-order chi connectivity index (χ0) is 19.1. The smallest absolute Gasteiger partial charge is 0.222 e. The minimum atomic E-state index is -3.46. The molecule has 0 bridgehead atoms. The van der Waals surface area contributed by atoms with Crippen LogP contribution in [-0.4, -0.2) is 42.2 Å². The van der Waals surface area contributed by atoms with Gasteiger partial charge in [0.05, 0.1) is 17.4 Å². The topological polar surface area (TPSA) is 106 Å². The molecule has 26 heavy (non-hydrogen) atoms. The maximum absolute atomic E-state index is 12.0. The SMILES string of the molecule is CNc1cc(-c2cn(C)c3cnc(NC(C)=O)cc23)nc(S(C)(=O)=O)c1. The summed E-state index contributed by atoms with van der Waals surface area (Å²) in [5, 5.41) is 6.42. The predicted molar refractivity (Wildman–Crippen MR) is 101 cm³/mol. The highest BCUT2D eigenvalue weighted by Crippen LogP contribution is 2.32. The zero-order valence-corrected chi connectivity index (χ0v) is 15.7. The van der Waals surface area contributed by atoms with Crippen molar-refractivity contribution >= 4 is 38.2 Å². The van der Waals surface area contributed by atoms with E-state index in [1.54, 1.807) is 25.4 Å². The Bertz CT molecular complexity index is 1120. The highest BCUT2D eigenvalue weighted by molar-refractivity contribution is 7.90. The third-order valence-corrected chi connectivity index (χ3v) is 4.90. The van der Waals surface area contributed by atoms with Crippen molar-refractivity contribution in [3.8, 4) is 11.3 Å². The van der Waals surface area contributed by atoms with Crippen LogP contribution in [0.25, 0.3) is 22.2 Å². The molecule has 0 spiro atoms. The largest absolute Gasteiger partial charge is 0.388 e. The van der Waals surface area contributed by atoms with Crippen LogP contribution in [0.2, 0.25) is 0 Å². The summed E-state index contributed by atoms with van der Waals surface area (Å²) in [6.07, 6.45) is 4.64. The van der Waals surface area contributed by atoms with E-state index in [0.717, 1.165) is 22.7 Å². The Labute approximate surface area is 151 Å². The van der Waals surface area contributed by atoms with Gasteiger partial charge < -0.3 is 15.2 Å². The lowest BCUT2D eigenvalue weighted by Crippen LogP contribution is -2.07.